The number of carboxylic acids is 1. The van der Waals surface area contributed by atoms with Crippen molar-refractivity contribution >= 4 is 17.6 Å². The van der Waals surface area contributed by atoms with Gasteiger partial charge in [-0.3, -0.25) is 9.59 Å². The first kappa shape index (κ1) is 15.6. The number of aliphatic carboxylic acids is 1. The Bertz CT molecular complexity index is 518. The molecule has 1 atom stereocenters. The molecule has 1 amide bonds. The molecule has 1 heterocycles. The van der Waals surface area contributed by atoms with Crippen molar-refractivity contribution in [3.8, 4) is 0 Å². The lowest BCUT2D eigenvalue weighted by molar-refractivity contribution is -0.136. The summed E-state index contributed by atoms with van der Waals surface area (Å²) in [7, 11) is 1.51. The van der Waals surface area contributed by atoms with Crippen molar-refractivity contribution in [2.24, 2.45) is 10.7 Å². The Balaban J connectivity index is 2.83. The fraction of sp³-hybridized carbons (Fsp3) is 0.308. The summed E-state index contributed by atoms with van der Waals surface area (Å²) < 4.78 is 0. The number of amides is 1. The highest BCUT2D eigenvalue weighted by atomic mass is 16.4. The van der Waals surface area contributed by atoms with Crippen LogP contribution in [0.15, 0.2) is 40.7 Å². The van der Waals surface area contributed by atoms with Crippen LogP contribution in [0, 0.1) is 0 Å². The lowest BCUT2D eigenvalue weighted by Crippen LogP contribution is -2.50. The number of aliphatic imine (C=N–C) groups is 1. The summed E-state index contributed by atoms with van der Waals surface area (Å²) in [6, 6.07) is 0. The minimum atomic E-state index is -0.892. The van der Waals surface area contributed by atoms with E-state index in [1.54, 1.807) is 25.3 Å². The van der Waals surface area contributed by atoms with Gasteiger partial charge in [-0.1, -0.05) is 18.2 Å². The molecule has 0 bridgehead atoms. The van der Waals surface area contributed by atoms with Crippen molar-refractivity contribution < 1.29 is 14.7 Å². The third-order valence-electron chi connectivity index (χ3n) is 2.57. The molecule has 0 saturated heterocycles. The number of allylic oxidation sites excluding steroid dienone is 3. The predicted molar refractivity (Wildman–Crippen MR) is 75.8 cm³/mol. The minimum Gasteiger partial charge on any atom is -0.481 e. The summed E-state index contributed by atoms with van der Waals surface area (Å²) in [5, 5.41) is 13.8. The van der Waals surface area contributed by atoms with Gasteiger partial charge in [0.2, 0.25) is 0 Å². The maximum Gasteiger partial charge on any atom is 0.307 e. The molecule has 108 valence electrons. The van der Waals surface area contributed by atoms with Crippen LogP contribution in [0.5, 0.6) is 0 Å². The van der Waals surface area contributed by atoms with Gasteiger partial charge in [0.15, 0.2) is 0 Å². The van der Waals surface area contributed by atoms with Crippen molar-refractivity contribution in [3.63, 3.8) is 0 Å². The van der Waals surface area contributed by atoms with Gasteiger partial charge < -0.3 is 21.5 Å². The average Bonchev–Trinajstić information content (AvgIpc) is 2.42. The van der Waals surface area contributed by atoms with E-state index in [1.807, 2.05) is 0 Å². The van der Waals surface area contributed by atoms with Gasteiger partial charge in [-0.2, -0.15) is 0 Å². The molecule has 0 radical (unpaired) electrons. The van der Waals surface area contributed by atoms with Crippen LogP contribution in [-0.2, 0) is 9.59 Å². The molecule has 20 heavy (non-hydrogen) atoms. The molecule has 7 heteroatoms. The van der Waals surface area contributed by atoms with Crippen LogP contribution >= 0.6 is 0 Å². The van der Waals surface area contributed by atoms with E-state index in [0.29, 0.717) is 5.70 Å². The zero-order valence-electron chi connectivity index (χ0n) is 11.4. The van der Waals surface area contributed by atoms with E-state index in [0.717, 1.165) is 5.57 Å². The molecular formula is C13H18N4O3. The predicted octanol–water partition coefficient (Wildman–Crippen LogP) is -0.120. The van der Waals surface area contributed by atoms with Crippen molar-refractivity contribution in [3.05, 3.63) is 35.7 Å². The Morgan fingerprint density at radius 1 is 1.60 bits per heavy atom. The molecule has 1 aliphatic rings. The van der Waals surface area contributed by atoms with Gasteiger partial charge in [-0.25, -0.2) is 4.99 Å². The normalized spacial score (nSPS) is 19.1. The number of nitrogens with one attached hydrogen (secondary N) is 2. The molecule has 0 aliphatic carbocycles. The molecule has 7 nitrogen and oxygen atoms in total. The van der Waals surface area contributed by atoms with E-state index in [9.17, 15) is 9.59 Å². The van der Waals surface area contributed by atoms with Gasteiger partial charge in [0, 0.05) is 13.2 Å². The number of hydrogen-bond donors (Lipinski definition) is 4. The van der Waals surface area contributed by atoms with Crippen LogP contribution in [0.4, 0.5) is 0 Å². The first-order valence-corrected chi connectivity index (χ1v) is 6.03. The highest BCUT2D eigenvalue weighted by Crippen LogP contribution is 2.14. The van der Waals surface area contributed by atoms with Crippen LogP contribution in [0.25, 0.3) is 0 Å². The smallest absolute Gasteiger partial charge is 0.307 e. The fourth-order valence-electron chi connectivity index (χ4n) is 1.47. The Labute approximate surface area is 116 Å². The zero-order chi connectivity index (χ0) is 15.1. The van der Waals surface area contributed by atoms with Crippen LogP contribution < -0.4 is 16.4 Å². The van der Waals surface area contributed by atoms with Gasteiger partial charge in [0.05, 0.1) is 12.1 Å². The summed E-state index contributed by atoms with van der Waals surface area (Å²) >= 11 is 0. The van der Waals surface area contributed by atoms with Gasteiger partial charge in [0.25, 0.3) is 5.91 Å². The van der Waals surface area contributed by atoms with Crippen LogP contribution in [0.1, 0.15) is 13.3 Å². The van der Waals surface area contributed by atoms with Crippen molar-refractivity contribution in [2.75, 3.05) is 7.05 Å². The topological polar surface area (TPSA) is 117 Å². The van der Waals surface area contributed by atoms with Gasteiger partial charge in [-0.05, 0) is 12.5 Å². The Morgan fingerprint density at radius 3 is 2.90 bits per heavy atom. The van der Waals surface area contributed by atoms with Gasteiger partial charge >= 0.3 is 5.97 Å². The molecule has 5 N–H and O–H groups in total. The maximum atomic E-state index is 11.6. The molecule has 1 aliphatic heterocycles. The van der Waals surface area contributed by atoms with Gasteiger partial charge in [0.1, 0.15) is 11.9 Å². The lowest BCUT2D eigenvalue weighted by atomic mass is 10.1. The molecule has 0 fully saturated rings. The molecule has 0 spiro atoms. The standard InChI is InChI=1S/C13H18N4O3/c1-8(5-3-4-6-10(18)19)9-7-16-12(14)11(17-9)13(20)15-2/h3-5,7,12,16H,6,14H2,1-2H3,(H,15,20)(H,18,19)/b4-3-,8-5+. The van der Waals surface area contributed by atoms with Crippen molar-refractivity contribution in [1.82, 2.24) is 10.6 Å². The number of nitrogens with two attached hydrogens (primary N) is 1. The first-order valence-electron chi connectivity index (χ1n) is 6.03. The van der Waals surface area contributed by atoms with E-state index in [-0.39, 0.29) is 18.0 Å². The quantitative estimate of drug-likeness (QED) is 0.523. The number of hydrogen-bond acceptors (Lipinski definition) is 5. The highest BCUT2D eigenvalue weighted by Gasteiger charge is 2.21. The van der Waals surface area contributed by atoms with E-state index in [4.69, 9.17) is 10.8 Å². The van der Waals surface area contributed by atoms with E-state index in [1.165, 1.54) is 13.1 Å². The molecule has 0 aromatic rings. The SMILES string of the molecule is CNC(=O)C1=NC(/C(C)=C/C=C\CC(=O)O)=CNC1N. The molecule has 0 saturated carbocycles. The van der Waals surface area contributed by atoms with E-state index in [2.05, 4.69) is 15.6 Å². The largest absolute Gasteiger partial charge is 0.481 e. The summed E-state index contributed by atoms with van der Waals surface area (Å²) in [5.74, 6) is -1.23. The highest BCUT2D eigenvalue weighted by molar-refractivity contribution is 6.41. The number of carboxylic acid groups (broad SMARTS) is 1. The first-order chi connectivity index (χ1) is 9.45. The van der Waals surface area contributed by atoms with Crippen LogP contribution in [-0.4, -0.2) is 35.9 Å². The molecule has 1 rings (SSSR count). The number of carbonyl (C=O) groups excluding carboxylic acids is 1. The molecular weight excluding hydrogens is 260 g/mol. The summed E-state index contributed by atoms with van der Waals surface area (Å²) in [4.78, 5) is 26.2. The Kier molecular flexibility index (Phi) is 5.67. The molecule has 1 unspecified atom stereocenters. The third kappa shape index (κ3) is 4.36. The third-order valence-corrected chi connectivity index (χ3v) is 2.57. The second-order valence-corrected chi connectivity index (χ2v) is 4.13. The number of carbonyl (C=O) groups is 2. The second kappa shape index (κ2) is 7.25. The maximum absolute atomic E-state index is 11.6. The summed E-state index contributed by atoms with van der Waals surface area (Å²) in [6.07, 6.45) is 5.81. The number of rotatable bonds is 5. The minimum absolute atomic E-state index is 0.0429. The zero-order valence-corrected chi connectivity index (χ0v) is 11.4. The molecule has 0 aromatic carbocycles. The Hall–Kier alpha value is -2.41. The van der Waals surface area contributed by atoms with Crippen LogP contribution in [0.2, 0.25) is 0 Å². The van der Waals surface area contributed by atoms with E-state index >= 15 is 0 Å². The molecule has 0 aromatic heterocycles. The fourth-order valence-corrected chi connectivity index (χ4v) is 1.47. The number of nitrogens with zero attached hydrogens (tertiary/aromatic N) is 1. The lowest BCUT2D eigenvalue weighted by Gasteiger charge is -2.20. The van der Waals surface area contributed by atoms with E-state index < -0.39 is 12.1 Å². The van der Waals surface area contributed by atoms with Crippen molar-refractivity contribution in [2.45, 2.75) is 19.5 Å². The second-order valence-electron chi connectivity index (χ2n) is 4.13. The average molecular weight is 278 g/mol. The van der Waals surface area contributed by atoms with Crippen LogP contribution in [0.3, 0.4) is 0 Å². The monoisotopic (exact) mass is 278 g/mol. The van der Waals surface area contributed by atoms with Gasteiger partial charge in [-0.15, -0.1) is 0 Å². The Morgan fingerprint density at radius 2 is 2.30 bits per heavy atom. The summed E-state index contributed by atoms with van der Waals surface area (Å²) in [6.45, 7) is 1.81. The summed E-state index contributed by atoms with van der Waals surface area (Å²) in [5.41, 5.74) is 7.29. The van der Waals surface area contributed by atoms with Crippen molar-refractivity contribution in [1.29, 1.82) is 0 Å².